The summed E-state index contributed by atoms with van der Waals surface area (Å²) < 4.78 is 2.67. The van der Waals surface area contributed by atoms with Gasteiger partial charge in [-0.1, -0.05) is 62.0 Å². The van der Waals surface area contributed by atoms with Gasteiger partial charge in [-0.2, -0.15) is 18.1 Å². The fraction of sp³-hybridized carbons (Fsp3) is 0.481. The van der Waals surface area contributed by atoms with Crippen LogP contribution < -0.4 is 26.3 Å². The van der Waals surface area contributed by atoms with Gasteiger partial charge in [-0.05, 0) is 17.9 Å². The fourth-order valence-electron chi connectivity index (χ4n) is 3.61. The van der Waals surface area contributed by atoms with Gasteiger partial charge in [0.1, 0.15) is 18.6 Å². The molecular formula is C27H38N6O8S2. The van der Waals surface area contributed by atoms with Gasteiger partial charge in [-0.25, -0.2) is 5.48 Å². The van der Waals surface area contributed by atoms with Crippen molar-refractivity contribution < 1.29 is 39.2 Å². The quantitative estimate of drug-likeness (QED) is 0.0214. The molecule has 0 aliphatic heterocycles. The molecule has 1 aromatic rings. The number of benzene rings is 1. The Bertz CT molecular complexity index is 1150. The average Bonchev–Trinajstić information content (AvgIpc) is 2.99. The molecule has 0 bridgehead atoms. The third kappa shape index (κ3) is 14.0. The molecule has 1 rings (SSSR count). The van der Waals surface area contributed by atoms with Crippen molar-refractivity contribution in [1.29, 1.82) is 0 Å². The van der Waals surface area contributed by atoms with E-state index in [9.17, 15) is 34.0 Å². The monoisotopic (exact) mass is 638 g/mol. The molecule has 0 spiro atoms. The molecule has 16 heteroatoms. The highest BCUT2D eigenvalue weighted by Gasteiger charge is 2.29. The minimum Gasteiger partial charge on any atom is -0.347 e. The van der Waals surface area contributed by atoms with Crippen molar-refractivity contribution in [3.05, 3.63) is 35.9 Å². The van der Waals surface area contributed by atoms with Crippen LogP contribution in [-0.2, 0) is 35.2 Å². The molecule has 0 unspecified atom stereocenters. The maximum Gasteiger partial charge on any atom is 0.262 e. The Balaban J connectivity index is 2.79. The minimum absolute atomic E-state index is 0.0692. The van der Waals surface area contributed by atoms with Gasteiger partial charge in [0, 0.05) is 12.2 Å². The summed E-state index contributed by atoms with van der Waals surface area (Å²) in [5.74, 6) is -2.66. The van der Waals surface area contributed by atoms with Crippen molar-refractivity contribution in [2.24, 2.45) is 5.92 Å². The molecule has 0 aliphatic carbocycles. The number of Topliss-reactive ketones (excluding diaryl/α,β-unsaturated/α-hetero) is 2. The molecule has 3 atom stereocenters. The van der Waals surface area contributed by atoms with E-state index in [-0.39, 0.29) is 30.4 Å². The highest BCUT2D eigenvalue weighted by molar-refractivity contribution is 7.98. The predicted molar refractivity (Wildman–Crippen MR) is 162 cm³/mol. The molecule has 7 N–H and O–H groups in total. The first-order valence-corrected chi connectivity index (χ1v) is 14.8. The highest BCUT2D eigenvalue weighted by Crippen LogP contribution is 2.08. The van der Waals surface area contributed by atoms with Crippen molar-refractivity contribution in [3.63, 3.8) is 0 Å². The van der Waals surface area contributed by atoms with Gasteiger partial charge in [0.15, 0.2) is 0 Å². The van der Waals surface area contributed by atoms with Gasteiger partial charge in [0.2, 0.25) is 29.3 Å². The van der Waals surface area contributed by atoms with Gasteiger partial charge < -0.3 is 20.7 Å². The topological polar surface area (TPSA) is 206 Å². The number of nitrogens with one attached hydrogen (secondary N) is 5. The first-order chi connectivity index (χ1) is 20.5. The summed E-state index contributed by atoms with van der Waals surface area (Å²) in [4.78, 5) is 75.9. The maximum absolute atomic E-state index is 13.0. The number of ketones is 2. The Morgan fingerprint density at radius 3 is 2.26 bits per heavy atom. The molecule has 14 nitrogen and oxygen atoms in total. The van der Waals surface area contributed by atoms with Crippen LogP contribution in [0.15, 0.2) is 30.3 Å². The zero-order chi connectivity index (χ0) is 32.4. The van der Waals surface area contributed by atoms with E-state index in [1.165, 1.54) is 5.48 Å². The summed E-state index contributed by atoms with van der Waals surface area (Å²) in [6.07, 6.45) is 5.59. The molecule has 0 aliphatic rings. The normalized spacial score (nSPS) is 12.8. The van der Waals surface area contributed by atoms with E-state index < -0.39 is 66.4 Å². The van der Waals surface area contributed by atoms with Crippen LogP contribution in [0.1, 0.15) is 25.8 Å². The van der Waals surface area contributed by atoms with Crippen LogP contribution in [-0.4, -0.2) is 99.8 Å². The number of hydroxylamine groups is 2. The molecule has 0 aromatic heterocycles. The van der Waals surface area contributed by atoms with E-state index in [1.54, 1.807) is 30.3 Å². The molecule has 0 fully saturated rings. The van der Waals surface area contributed by atoms with Crippen LogP contribution in [0.5, 0.6) is 0 Å². The smallest absolute Gasteiger partial charge is 0.262 e. The summed E-state index contributed by atoms with van der Waals surface area (Å²) in [6, 6.07) is 5.65. The Labute approximate surface area is 259 Å². The number of rotatable bonds is 20. The van der Waals surface area contributed by atoms with E-state index in [0.717, 1.165) is 22.4 Å². The maximum atomic E-state index is 13.0. The SMILES string of the molecule is C#CCN(CC(=O)NO)C(=O)CSN[C@@H](CS)C(=O)C(=O)CNC(=O)[C@H](Cc1ccccc1)NC(=O)[C@H](CC(C)C)NO. The molecule has 0 radical (unpaired) electrons. The van der Waals surface area contributed by atoms with Crippen molar-refractivity contribution >= 4 is 59.8 Å². The van der Waals surface area contributed by atoms with Crippen molar-refractivity contribution in [2.75, 3.05) is 31.1 Å². The number of carbonyl (C=O) groups is 6. The zero-order valence-electron chi connectivity index (χ0n) is 23.9. The molecule has 236 valence electrons. The molecule has 0 saturated carbocycles. The van der Waals surface area contributed by atoms with Crippen LogP contribution in [0.2, 0.25) is 0 Å². The predicted octanol–water partition coefficient (Wildman–Crippen LogP) is -1.13. The second-order valence-electron chi connectivity index (χ2n) is 9.70. The fourth-order valence-corrected chi connectivity index (χ4v) is 4.77. The average molecular weight is 639 g/mol. The van der Waals surface area contributed by atoms with Crippen molar-refractivity contribution in [1.82, 2.24) is 31.2 Å². The van der Waals surface area contributed by atoms with Gasteiger partial charge in [-0.3, -0.25) is 38.7 Å². The Hall–Kier alpha value is -3.46. The number of nitrogens with zero attached hydrogens (tertiary/aromatic N) is 1. The summed E-state index contributed by atoms with van der Waals surface area (Å²) in [7, 11) is 0. The summed E-state index contributed by atoms with van der Waals surface area (Å²) in [6.45, 7) is 2.40. The number of carbonyl (C=O) groups excluding carboxylic acids is 6. The number of hydrogen-bond donors (Lipinski definition) is 8. The summed E-state index contributed by atoms with van der Waals surface area (Å²) in [5.41, 5.74) is 4.08. The van der Waals surface area contributed by atoms with E-state index in [1.807, 2.05) is 19.3 Å². The number of hydrogen-bond acceptors (Lipinski definition) is 12. The number of amides is 4. The second kappa shape index (κ2) is 20.4. The van der Waals surface area contributed by atoms with Crippen LogP contribution in [0.25, 0.3) is 0 Å². The van der Waals surface area contributed by atoms with Crippen molar-refractivity contribution in [3.8, 4) is 12.3 Å². The molecule has 1 aromatic carbocycles. The molecule has 4 amide bonds. The Kier molecular flexibility index (Phi) is 17.9. The van der Waals surface area contributed by atoms with E-state index >= 15 is 0 Å². The third-order valence-electron chi connectivity index (χ3n) is 5.81. The van der Waals surface area contributed by atoms with Gasteiger partial charge in [0.25, 0.3) is 5.91 Å². The van der Waals surface area contributed by atoms with Gasteiger partial charge in [-0.15, -0.1) is 6.42 Å². The van der Waals surface area contributed by atoms with Crippen molar-refractivity contribution in [2.45, 2.75) is 44.8 Å². The second-order valence-corrected chi connectivity index (χ2v) is 10.9. The first-order valence-electron chi connectivity index (χ1n) is 13.2. The molecule has 0 heterocycles. The number of thiol groups is 1. The highest BCUT2D eigenvalue weighted by atomic mass is 32.2. The Morgan fingerprint density at radius 2 is 1.70 bits per heavy atom. The van der Waals surface area contributed by atoms with Crippen LogP contribution in [0.3, 0.4) is 0 Å². The lowest BCUT2D eigenvalue weighted by Gasteiger charge is -2.23. The minimum atomic E-state index is -1.11. The van der Waals surface area contributed by atoms with E-state index in [2.05, 4.69) is 33.9 Å². The lowest BCUT2D eigenvalue weighted by molar-refractivity contribution is -0.138. The van der Waals surface area contributed by atoms with E-state index in [4.69, 9.17) is 11.6 Å². The molecule has 0 saturated heterocycles. The van der Waals surface area contributed by atoms with Crippen LogP contribution in [0, 0.1) is 18.3 Å². The van der Waals surface area contributed by atoms with Crippen LogP contribution in [0.4, 0.5) is 0 Å². The largest absolute Gasteiger partial charge is 0.347 e. The molecule has 43 heavy (non-hydrogen) atoms. The summed E-state index contributed by atoms with van der Waals surface area (Å²) in [5, 5.41) is 23.1. The van der Waals surface area contributed by atoms with Gasteiger partial charge >= 0.3 is 0 Å². The number of terminal acetylenes is 1. The lowest BCUT2D eigenvalue weighted by Crippen LogP contribution is -2.54. The zero-order valence-corrected chi connectivity index (χ0v) is 25.6. The van der Waals surface area contributed by atoms with E-state index in [0.29, 0.717) is 6.42 Å². The standard InChI is InChI=1S/C27H38N6O8S2/c1-4-10-33(14-23(35)31-41)24(36)16-43-32-21(15-42)25(37)22(34)13-28-26(38)19(12-18-8-6-5-7-9-18)29-27(39)20(30-40)11-17(2)3/h1,5-9,17,19-21,30,32,40-42H,10-16H2,2-3H3,(H,28,38)(H,29,39)(H,31,35)/t19-,20-,21-/m0/s1. The first kappa shape index (κ1) is 37.6. The third-order valence-corrected chi connectivity index (χ3v) is 7.02. The Morgan fingerprint density at radius 1 is 1.02 bits per heavy atom. The lowest BCUT2D eigenvalue weighted by atomic mass is 10.0. The van der Waals surface area contributed by atoms with Gasteiger partial charge in [0.05, 0.1) is 24.9 Å². The van der Waals surface area contributed by atoms with Crippen LogP contribution >= 0.6 is 24.6 Å². The molecular weight excluding hydrogens is 600 g/mol. The summed E-state index contributed by atoms with van der Waals surface area (Å²) >= 11 is 4.87.